The second-order valence-corrected chi connectivity index (χ2v) is 6.78. The molecule has 0 fully saturated rings. The molecule has 0 saturated carbocycles. The Morgan fingerprint density at radius 2 is 1.42 bits per heavy atom. The fourth-order valence-electron chi connectivity index (χ4n) is 3.45. The summed E-state index contributed by atoms with van der Waals surface area (Å²) in [6.45, 7) is 0. The number of hydrogen-bond donors (Lipinski definition) is 2. The van der Waals surface area contributed by atoms with Crippen LogP contribution >= 0.6 is 0 Å². The summed E-state index contributed by atoms with van der Waals surface area (Å²) in [6, 6.07) is 14.9. The number of rotatable bonds is 5. The Morgan fingerprint density at radius 3 is 2.03 bits per heavy atom. The summed E-state index contributed by atoms with van der Waals surface area (Å²) in [4.78, 5) is 49.7. The smallest absolute Gasteiger partial charge is 0.337 e. The zero-order valence-corrected chi connectivity index (χ0v) is 16.2. The number of methoxy groups -OCH3 is 1. The highest BCUT2D eigenvalue weighted by Gasteiger charge is 2.39. The molecule has 31 heavy (non-hydrogen) atoms. The van der Waals surface area contributed by atoms with Gasteiger partial charge in [-0.1, -0.05) is 18.2 Å². The average molecular weight is 417 g/mol. The lowest BCUT2D eigenvalue weighted by atomic mass is 10.0. The van der Waals surface area contributed by atoms with Crippen LogP contribution in [0.5, 0.6) is 5.75 Å². The van der Waals surface area contributed by atoms with Gasteiger partial charge in [0.2, 0.25) is 0 Å². The average Bonchev–Trinajstić information content (AvgIpc) is 3.02. The third-order valence-electron chi connectivity index (χ3n) is 5.03. The summed E-state index contributed by atoms with van der Waals surface area (Å²) in [5.74, 6) is -3.40. The molecule has 1 heterocycles. The van der Waals surface area contributed by atoms with Crippen LogP contribution in [0.2, 0.25) is 0 Å². The molecule has 0 unspecified atom stereocenters. The summed E-state index contributed by atoms with van der Waals surface area (Å²) in [6.07, 6.45) is 0. The van der Waals surface area contributed by atoms with Gasteiger partial charge >= 0.3 is 11.9 Å². The van der Waals surface area contributed by atoms with Gasteiger partial charge in [-0.25, -0.2) is 14.5 Å². The monoisotopic (exact) mass is 417 g/mol. The molecule has 2 amide bonds. The van der Waals surface area contributed by atoms with E-state index >= 15 is 0 Å². The third-order valence-corrected chi connectivity index (χ3v) is 5.03. The Labute approximate surface area is 175 Å². The number of carboxylic acids is 2. The quantitative estimate of drug-likeness (QED) is 0.609. The molecule has 4 rings (SSSR count). The van der Waals surface area contributed by atoms with E-state index in [0.717, 1.165) is 16.5 Å². The van der Waals surface area contributed by atoms with Crippen molar-refractivity contribution in [2.75, 3.05) is 12.0 Å². The van der Waals surface area contributed by atoms with Crippen LogP contribution in [-0.4, -0.2) is 41.1 Å². The standard InChI is InChI=1S/C23H15NO7/c1-31-15-6-2-12(3-7-15)13-4-9-17(23(29)30)19(11-13)24-20(25)16-8-5-14(22(27)28)10-18(16)21(24)26/h2-11H,1H3,(H,27,28)(H,29,30). The van der Waals surface area contributed by atoms with Crippen LogP contribution in [0.15, 0.2) is 60.7 Å². The maximum atomic E-state index is 13.0. The number of aromatic carboxylic acids is 2. The summed E-state index contributed by atoms with van der Waals surface area (Å²) >= 11 is 0. The highest BCUT2D eigenvalue weighted by atomic mass is 16.5. The van der Waals surface area contributed by atoms with E-state index in [1.807, 2.05) is 0 Å². The minimum Gasteiger partial charge on any atom is -0.497 e. The number of hydrogen-bond acceptors (Lipinski definition) is 5. The number of imide groups is 1. The Balaban J connectivity index is 1.84. The molecular weight excluding hydrogens is 402 g/mol. The van der Waals surface area contributed by atoms with Crippen molar-refractivity contribution >= 4 is 29.4 Å². The molecule has 1 aliphatic rings. The maximum absolute atomic E-state index is 13.0. The van der Waals surface area contributed by atoms with E-state index in [9.17, 15) is 29.4 Å². The van der Waals surface area contributed by atoms with E-state index in [4.69, 9.17) is 4.74 Å². The lowest BCUT2D eigenvalue weighted by Crippen LogP contribution is -2.31. The minimum absolute atomic E-state index is 0.0150. The van der Waals surface area contributed by atoms with Crippen molar-refractivity contribution in [3.05, 3.63) is 82.9 Å². The number of benzene rings is 3. The van der Waals surface area contributed by atoms with Gasteiger partial charge in [0.15, 0.2) is 0 Å². The van der Waals surface area contributed by atoms with Crippen LogP contribution in [0.4, 0.5) is 5.69 Å². The fourth-order valence-corrected chi connectivity index (χ4v) is 3.45. The first-order chi connectivity index (χ1) is 14.8. The van der Waals surface area contributed by atoms with Gasteiger partial charge in [0.25, 0.3) is 11.8 Å². The predicted molar refractivity (Wildman–Crippen MR) is 110 cm³/mol. The number of ether oxygens (including phenoxy) is 1. The van der Waals surface area contributed by atoms with E-state index in [2.05, 4.69) is 0 Å². The molecular formula is C23H15NO7. The molecule has 0 bridgehead atoms. The summed E-state index contributed by atoms with van der Waals surface area (Å²) in [7, 11) is 1.53. The second-order valence-electron chi connectivity index (χ2n) is 6.78. The van der Waals surface area contributed by atoms with Gasteiger partial charge in [-0.05, 0) is 53.6 Å². The van der Waals surface area contributed by atoms with Crippen molar-refractivity contribution in [3.8, 4) is 16.9 Å². The fraction of sp³-hybridized carbons (Fsp3) is 0.0435. The normalized spacial score (nSPS) is 12.6. The van der Waals surface area contributed by atoms with E-state index in [1.165, 1.54) is 31.4 Å². The van der Waals surface area contributed by atoms with Gasteiger partial charge in [-0.15, -0.1) is 0 Å². The molecule has 0 atom stereocenters. The van der Waals surface area contributed by atoms with E-state index < -0.39 is 23.8 Å². The molecule has 8 heteroatoms. The molecule has 2 N–H and O–H groups in total. The summed E-state index contributed by atoms with van der Waals surface area (Å²) < 4.78 is 5.13. The number of anilines is 1. The summed E-state index contributed by atoms with van der Waals surface area (Å²) in [5, 5.41) is 18.8. The van der Waals surface area contributed by atoms with E-state index in [0.29, 0.717) is 11.3 Å². The molecule has 0 aliphatic carbocycles. The zero-order valence-electron chi connectivity index (χ0n) is 16.2. The van der Waals surface area contributed by atoms with Gasteiger partial charge in [0.1, 0.15) is 5.75 Å². The minimum atomic E-state index is -1.31. The molecule has 3 aromatic carbocycles. The molecule has 0 aromatic heterocycles. The second kappa shape index (κ2) is 7.42. The zero-order chi connectivity index (χ0) is 22.3. The number of carbonyl (C=O) groups is 4. The Kier molecular flexibility index (Phi) is 4.75. The first kappa shape index (κ1) is 19.8. The van der Waals surface area contributed by atoms with Crippen LogP contribution in [-0.2, 0) is 0 Å². The number of carboxylic acid groups (broad SMARTS) is 2. The van der Waals surface area contributed by atoms with Gasteiger partial charge in [-0.3, -0.25) is 9.59 Å². The molecule has 0 spiro atoms. The van der Waals surface area contributed by atoms with Crippen molar-refractivity contribution < 1.29 is 34.1 Å². The maximum Gasteiger partial charge on any atom is 0.337 e. The van der Waals surface area contributed by atoms with E-state index in [-0.39, 0.29) is 27.9 Å². The van der Waals surface area contributed by atoms with Crippen LogP contribution in [0.25, 0.3) is 11.1 Å². The molecule has 1 aliphatic heterocycles. The Hall–Kier alpha value is -4.46. The van der Waals surface area contributed by atoms with Gasteiger partial charge < -0.3 is 14.9 Å². The number of fused-ring (bicyclic) bond motifs is 1. The lowest BCUT2D eigenvalue weighted by Gasteiger charge is -2.18. The predicted octanol–water partition coefficient (Wildman–Crippen LogP) is 3.56. The Bertz CT molecular complexity index is 1260. The van der Waals surface area contributed by atoms with Crippen molar-refractivity contribution in [2.24, 2.45) is 0 Å². The molecule has 154 valence electrons. The van der Waals surface area contributed by atoms with Gasteiger partial charge in [-0.2, -0.15) is 0 Å². The number of nitrogens with zero attached hydrogens (tertiary/aromatic N) is 1. The number of carbonyl (C=O) groups excluding carboxylic acids is 2. The largest absolute Gasteiger partial charge is 0.497 e. The van der Waals surface area contributed by atoms with Crippen LogP contribution < -0.4 is 9.64 Å². The summed E-state index contributed by atoms with van der Waals surface area (Å²) in [5.41, 5.74) is 0.771. The Morgan fingerprint density at radius 1 is 0.774 bits per heavy atom. The van der Waals surface area contributed by atoms with Crippen LogP contribution in [0.3, 0.4) is 0 Å². The highest BCUT2D eigenvalue weighted by Crippen LogP contribution is 2.35. The first-order valence-corrected chi connectivity index (χ1v) is 9.09. The van der Waals surface area contributed by atoms with Crippen molar-refractivity contribution in [3.63, 3.8) is 0 Å². The van der Waals surface area contributed by atoms with Crippen molar-refractivity contribution in [1.29, 1.82) is 0 Å². The molecule has 8 nitrogen and oxygen atoms in total. The highest BCUT2D eigenvalue weighted by molar-refractivity contribution is 6.35. The number of amides is 2. The first-order valence-electron chi connectivity index (χ1n) is 9.09. The topological polar surface area (TPSA) is 121 Å². The van der Waals surface area contributed by atoms with Crippen molar-refractivity contribution in [2.45, 2.75) is 0 Å². The van der Waals surface area contributed by atoms with Crippen molar-refractivity contribution in [1.82, 2.24) is 0 Å². The molecule has 0 saturated heterocycles. The van der Waals surface area contributed by atoms with Crippen LogP contribution in [0.1, 0.15) is 41.4 Å². The molecule has 3 aromatic rings. The third kappa shape index (κ3) is 3.29. The van der Waals surface area contributed by atoms with Gasteiger partial charge in [0.05, 0.1) is 35.1 Å². The molecule has 0 radical (unpaired) electrons. The van der Waals surface area contributed by atoms with Crippen LogP contribution in [0, 0.1) is 0 Å². The van der Waals surface area contributed by atoms with Gasteiger partial charge in [0, 0.05) is 0 Å². The SMILES string of the molecule is COc1ccc(-c2ccc(C(=O)O)c(N3C(=O)c4ccc(C(=O)O)cc4C3=O)c2)cc1. The van der Waals surface area contributed by atoms with E-state index in [1.54, 1.807) is 30.3 Å². The lowest BCUT2D eigenvalue weighted by molar-refractivity contribution is 0.0686.